The van der Waals surface area contributed by atoms with Crippen LogP contribution in [0.3, 0.4) is 0 Å². The number of para-hydroxylation sites is 1. The third-order valence-corrected chi connectivity index (χ3v) is 11.5. The Labute approximate surface area is 272 Å². The first-order valence-electron chi connectivity index (χ1n) is 15.8. The van der Waals surface area contributed by atoms with Crippen LogP contribution in [0.5, 0.6) is 5.75 Å². The van der Waals surface area contributed by atoms with Gasteiger partial charge in [0.05, 0.1) is 30.8 Å². The molecule has 0 aliphatic carbocycles. The Kier molecular flexibility index (Phi) is 10.7. The van der Waals surface area contributed by atoms with Crippen molar-refractivity contribution >= 4 is 21.6 Å². The van der Waals surface area contributed by atoms with Gasteiger partial charge in [0.1, 0.15) is 18.2 Å². The van der Waals surface area contributed by atoms with Crippen molar-refractivity contribution in [2.45, 2.75) is 37.1 Å². The maximum Gasteiger partial charge on any atom is 0.264 e. The molecule has 0 bridgehead atoms. The summed E-state index contributed by atoms with van der Waals surface area (Å²) in [7, 11) is -0.285. The van der Waals surface area contributed by atoms with E-state index in [4.69, 9.17) is 9.47 Å². The number of amides is 1. The second-order valence-corrected chi connectivity index (χ2v) is 14.1. The number of ether oxygens (including phenoxy) is 2. The van der Waals surface area contributed by atoms with Crippen molar-refractivity contribution in [3.8, 4) is 5.75 Å². The minimum absolute atomic E-state index is 0.0382. The fourth-order valence-electron chi connectivity index (χ4n) is 6.85. The molecule has 5 rings (SSSR count). The molecule has 3 aromatic rings. The number of nitrogens with zero attached hydrogens (tertiary/aromatic N) is 4. The van der Waals surface area contributed by atoms with Crippen LogP contribution in [0, 0.1) is 19.7 Å². The quantitative estimate of drug-likeness (QED) is 0.284. The van der Waals surface area contributed by atoms with Gasteiger partial charge in [-0.15, -0.1) is 0 Å². The van der Waals surface area contributed by atoms with Gasteiger partial charge in [-0.2, -0.15) is 0 Å². The second kappa shape index (κ2) is 14.5. The highest BCUT2D eigenvalue weighted by Crippen LogP contribution is 2.40. The van der Waals surface area contributed by atoms with E-state index in [2.05, 4.69) is 16.8 Å². The third kappa shape index (κ3) is 7.22. The predicted molar refractivity (Wildman–Crippen MR) is 177 cm³/mol. The highest BCUT2D eigenvalue weighted by molar-refractivity contribution is 7.93. The van der Waals surface area contributed by atoms with E-state index in [0.717, 1.165) is 31.7 Å². The summed E-state index contributed by atoms with van der Waals surface area (Å²) in [5, 5.41) is 0. The molecule has 0 spiro atoms. The fourth-order valence-corrected chi connectivity index (χ4v) is 8.72. The highest BCUT2D eigenvalue weighted by atomic mass is 32.2. The van der Waals surface area contributed by atoms with Crippen LogP contribution in [-0.4, -0.2) is 102 Å². The minimum atomic E-state index is -3.95. The molecule has 0 atom stereocenters. The average molecular weight is 653 g/mol. The Morgan fingerprint density at radius 1 is 0.913 bits per heavy atom. The largest absolute Gasteiger partial charge is 0.497 e. The molecule has 1 amide bonds. The van der Waals surface area contributed by atoms with E-state index in [1.165, 1.54) is 10.4 Å². The number of carbonyl (C=O) groups excluding carboxylic acids is 1. The van der Waals surface area contributed by atoms with E-state index in [1.807, 2.05) is 17.0 Å². The van der Waals surface area contributed by atoms with Crippen LogP contribution in [0.4, 0.5) is 10.1 Å². The van der Waals surface area contributed by atoms with Gasteiger partial charge in [-0.3, -0.25) is 14.0 Å². The van der Waals surface area contributed by atoms with Crippen molar-refractivity contribution in [1.29, 1.82) is 0 Å². The number of aryl methyl sites for hydroxylation is 2. The molecule has 0 unspecified atom stereocenters. The van der Waals surface area contributed by atoms with Crippen molar-refractivity contribution in [3.05, 3.63) is 89.2 Å². The zero-order valence-corrected chi connectivity index (χ0v) is 28.1. The number of anilines is 1. The number of likely N-dealkylation sites (N-methyl/N-ethyl adjacent to an activating group) is 1. The van der Waals surface area contributed by atoms with Gasteiger partial charge in [0, 0.05) is 44.8 Å². The van der Waals surface area contributed by atoms with Gasteiger partial charge < -0.3 is 19.3 Å². The number of hydrogen-bond donors (Lipinski definition) is 0. The molecule has 2 fully saturated rings. The van der Waals surface area contributed by atoms with E-state index in [0.29, 0.717) is 48.5 Å². The molecule has 0 saturated carbocycles. The molecule has 9 nitrogen and oxygen atoms in total. The highest BCUT2D eigenvalue weighted by Gasteiger charge is 2.43. The summed E-state index contributed by atoms with van der Waals surface area (Å²) >= 11 is 0. The van der Waals surface area contributed by atoms with E-state index in [1.54, 1.807) is 69.5 Å². The summed E-state index contributed by atoms with van der Waals surface area (Å²) in [6.07, 6.45) is 1.40. The molecule has 2 aliphatic heterocycles. The number of methoxy groups -OCH3 is 1. The number of carbonyl (C=O) groups is 1. The summed E-state index contributed by atoms with van der Waals surface area (Å²) in [6.45, 7) is 8.18. The number of halogens is 1. The smallest absolute Gasteiger partial charge is 0.264 e. The van der Waals surface area contributed by atoms with Gasteiger partial charge in [0.2, 0.25) is 5.91 Å². The first-order valence-corrected chi connectivity index (χ1v) is 17.3. The summed E-state index contributed by atoms with van der Waals surface area (Å²) in [5.41, 5.74) is 2.32. The van der Waals surface area contributed by atoms with Gasteiger partial charge in [0.25, 0.3) is 10.0 Å². The molecule has 0 radical (unpaired) electrons. The zero-order valence-electron chi connectivity index (χ0n) is 27.2. The number of benzene rings is 3. The average Bonchev–Trinajstić information content (AvgIpc) is 3.04. The Morgan fingerprint density at radius 2 is 1.57 bits per heavy atom. The van der Waals surface area contributed by atoms with Crippen LogP contribution in [-0.2, 0) is 25.1 Å². The number of piperazine rings is 1. The minimum Gasteiger partial charge on any atom is -0.497 e. The topological polar surface area (TPSA) is 82.6 Å². The summed E-state index contributed by atoms with van der Waals surface area (Å²) < 4.78 is 54.9. The second-order valence-electron chi connectivity index (χ2n) is 12.3. The molecule has 11 heteroatoms. The molecule has 2 saturated heterocycles. The number of piperidine rings is 1. The van der Waals surface area contributed by atoms with Crippen LogP contribution in [0.1, 0.15) is 29.5 Å². The lowest BCUT2D eigenvalue weighted by atomic mass is 9.78. The SMILES string of the molecule is COc1cc(C)c(S(=O)(=O)N(CCOCC(=O)N2CCC(c3cccc(F)c3)(N3CCN(C)CC3)CC2)c2ccccc2)c(C)c1. The normalized spacial score (nSPS) is 17.5. The Balaban J connectivity index is 1.23. The number of rotatable bonds is 11. The number of sulfonamides is 1. The Hall–Kier alpha value is -3.51. The monoisotopic (exact) mass is 652 g/mol. The summed E-state index contributed by atoms with van der Waals surface area (Å²) in [6, 6.07) is 19.2. The molecule has 0 aromatic heterocycles. The van der Waals surface area contributed by atoms with Crippen LogP contribution in [0.15, 0.2) is 71.6 Å². The van der Waals surface area contributed by atoms with Crippen LogP contribution in [0.25, 0.3) is 0 Å². The number of likely N-dealkylation sites (tertiary alicyclic amines) is 1. The van der Waals surface area contributed by atoms with Crippen molar-refractivity contribution in [3.63, 3.8) is 0 Å². The van der Waals surface area contributed by atoms with Crippen LogP contribution < -0.4 is 9.04 Å². The molecule has 46 heavy (non-hydrogen) atoms. The molecule has 3 aromatic carbocycles. The van der Waals surface area contributed by atoms with Crippen molar-refractivity contribution in [2.24, 2.45) is 0 Å². The lowest BCUT2D eigenvalue weighted by Gasteiger charge is -2.51. The van der Waals surface area contributed by atoms with E-state index < -0.39 is 10.0 Å². The van der Waals surface area contributed by atoms with Gasteiger partial charge >= 0.3 is 0 Å². The van der Waals surface area contributed by atoms with Crippen molar-refractivity contribution in [2.75, 3.05) is 77.5 Å². The molecule has 2 aliphatic rings. The van der Waals surface area contributed by atoms with Crippen LogP contribution >= 0.6 is 0 Å². The van der Waals surface area contributed by atoms with Crippen LogP contribution in [0.2, 0.25) is 0 Å². The van der Waals surface area contributed by atoms with Crippen molar-refractivity contribution < 1.29 is 27.1 Å². The molecule has 0 N–H and O–H groups in total. The molecule has 248 valence electrons. The summed E-state index contributed by atoms with van der Waals surface area (Å²) in [4.78, 5) is 20.1. The van der Waals surface area contributed by atoms with Gasteiger partial charge in [-0.1, -0.05) is 30.3 Å². The van der Waals surface area contributed by atoms with Crippen molar-refractivity contribution in [1.82, 2.24) is 14.7 Å². The fraction of sp³-hybridized carbons (Fsp3) is 0.457. The standard InChI is InChI=1S/C35H45FN4O5S/c1-27-23-32(44-4)24-28(2)34(27)46(42,43)40(31-11-6-5-7-12-31)21-22-45-26-33(41)38-15-13-35(14-16-38,29-9-8-10-30(36)25-29)39-19-17-37(3)18-20-39/h5-12,23-25H,13-22,26H2,1-4H3. The van der Waals surface area contributed by atoms with E-state index >= 15 is 0 Å². The number of hydrogen-bond acceptors (Lipinski definition) is 7. The Bertz CT molecular complexity index is 1580. The van der Waals surface area contributed by atoms with Gasteiger partial charge in [0.15, 0.2) is 0 Å². The lowest BCUT2D eigenvalue weighted by molar-refractivity contribution is -0.139. The maximum atomic E-state index is 14.4. The molecular formula is C35H45FN4O5S. The first kappa shape index (κ1) is 33.8. The predicted octanol–water partition coefficient (Wildman–Crippen LogP) is 4.43. The first-order chi connectivity index (χ1) is 22.0. The van der Waals surface area contributed by atoms with Gasteiger partial charge in [-0.25, -0.2) is 12.8 Å². The van der Waals surface area contributed by atoms with E-state index in [-0.39, 0.29) is 41.9 Å². The van der Waals surface area contributed by atoms with Gasteiger partial charge in [-0.05, 0) is 86.8 Å². The Morgan fingerprint density at radius 3 is 2.17 bits per heavy atom. The van der Waals surface area contributed by atoms with E-state index in [9.17, 15) is 17.6 Å². The lowest BCUT2D eigenvalue weighted by Crippen LogP contribution is -2.59. The third-order valence-electron chi connectivity index (χ3n) is 9.34. The zero-order chi connectivity index (χ0) is 32.9. The molecular weight excluding hydrogens is 607 g/mol. The maximum absolute atomic E-state index is 14.4. The molecule has 2 heterocycles. The summed E-state index contributed by atoms with van der Waals surface area (Å²) in [5.74, 6) is 0.209.